The van der Waals surface area contributed by atoms with Crippen molar-refractivity contribution in [3.63, 3.8) is 0 Å². The quantitative estimate of drug-likeness (QED) is 0.241. The summed E-state index contributed by atoms with van der Waals surface area (Å²) in [5.74, 6) is 1.95. The van der Waals surface area contributed by atoms with Crippen LogP contribution in [0.4, 0.5) is 0 Å². The summed E-state index contributed by atoms with van der Waals surface area (Å²) in [4.78, 5) is 25.9. The Hall–Kier alpha value is -4.66. The molecule has 0 radical (unpaired) electrons. The first-order valence-electron chi connectivity index (χ1n) is 11.2. The van der Waals surface area contributed by atoms with E-state index in [1.54, 1.807) is 43.3 Å². The number of methoxy groups -OCH3 is 5. The van der Waals surface area contributed by atoms with Crippen molar-refractivity contribution in [3.05, 3.63) is 70.5 Å². The molecular weight excluding hydrogens is 480 g/mol. The van der Waals surface area contributed by atoms with Crippen LogP contribution in [-0.2, 0) is 0 Å². The van der Waals surface area contributed by atoms with Crippen LogP contribution in [0, 0.1) is 6.92 Å². The van der Waals surface area contributed by atoms with Crippen molar-refractivity contribution in [1.82, 2.24) is 0 Å². The van der Waals surface area contributed by atoms with E-state index in [1.165, 1.54) is 47.7 Å². The molecule has 0 unspecified atom stereocenters. The smallest absolute Gasteiger partial charge is 0.343 e. The van der Waals surface area contributed by atoms with Crippen LogP contribution in [0.1, 0.15) is 31.8 Å². The Morgan fingerprint density at radius 3 is 2.03 bits per heavy atom. The number of aryl methyl sites for hydroxylation is 1. The van der Waals surface area contributed by atoms with Gasteiger partial charge in [-0.25, -0.2) is 4.79 Å². The number of carbonyl (C=O) groups is 2. The van der Waals surface area contributed by atoms with E-state index in [1.807, 2.05) is 0 Å². The molecule has 0 N–H and O–H groups in total. The second-order valence-electron chi connectivity index (χ2n) is 7.97. The van der Waals surface area contributed by atoms with Crippen molar-refractivity contribution < 1.29 is 42.7 Å². The van der Waals surface area contributed by atoms with Gasteiger partial charge >= 0.3 is 5.97 Å². The number of ketones is 1. The number of ether oxygens (including phenoxy) is 7. The molecule has 0 bridgehead atoms. The fourth-order valence-corrected chi connectivity index (χ4v) is 4.00. The van der Waals surface area contributed by atoms with Crippen molar-refractivity contribution in [2.24, 2.45) is 0 Å². The Bertz CT molecular complexity index is 1380. The Morgan fingerprint density at radius 2 is 1.43 bits per heavy atom. The van der Waals surface area contributed by atoms with Crippen LogP contribution in [0.25, 0.3) is 6.08 Å². The molecule has 0 atom stereocenters. The summed E-state index contributed by atoms with van der Waals surface area (Å²) < 4.78 is 38.0. The summed E-state index contributed by atoms with van der Waals surface area (Å²) in [6.45, 7) is 1.75. The highest BCUT2D eigenvalue weighted by Gasteiger charge is 2.30. The minimum absolute atomic E-state index is 0.107. The first-order chi connectivity index (χ1) is 17.8. The number of benzene rings is 3. The van der Waals surface area contributed by atoms with E-state index >= 15 is 0 Å². The van der Waals surface area contributed by atoms with E-state index in [0.29, 0.717) is 51.2 Å². The molecule has 0 spiro atoms. The maximum Gasteiger partial charge on any atom is 0.343 e. The van der Waals surface area contributed by atoms with Gasteiger partial charge < -0.3 is 33.2 Å². The second kappa shape index (κ2) is 10.5. The van der Waals surface area contributed by atoms with Gasteiger partial charge in [0.25, 0.3) is 0 Å². The van der Waals surface area contributed by atoms with Gasteiger partial charge in [0.1, 0.15) is 11.5 Å². The molecule has 37 heavy (non-hydrogen) atoms. The van der Waals surface area contributed by atoms with Gasteiger partial charge in [0.2, 0.25) is 11.5 Å². The first-order valence-corrected chi connectivity index (χ1v) is 11.2. The van der Waals surface area contributed by atoms with E-state index in [-0.39, 0.29) is 22.9 Å². The summed E-state index contributed by atoms with van der Waals surface area (Å²) in [5.41, 5.74) is 1.88. The third-order valence-corrected chi connectivity index (χ3v) is 5.76. The van der Waals surface area contributed by atoms with Gasteiger partial charge in [-0.15, -0.1) is 0 Å². The topological polar surface area (TPSA) is 98.8 Å². The number of allylic oxidation sites excluding steroid dienone is 1. The zero-order valence-electron chi connectivity index (χ0n) is 21.3. The summed E-state index contributed by atoms with van der Waals surface area (Å²) in [5, 5.41) is 0. The van der Waals surface area contributed by atoms with Crippen LogP contribution in [-0.4, -0.2) is 47.3 Å². The van der Waals surface area contributed by atoms with Gasteiger partial charge in [-0.05, 0) is 60.5 Å². The van der Waals surface area contributed by atoms with E-state index in [2.05, 4.69) is 0 Å². The van der Waals surface area contributed by atoms with E-state index in [0.717, 1.165) is 0 Å². The van der Waals surface area contributed by atoms with E-state index in [4.69, 9.17) is 33.2 Å². The zero-order chi connectivity index (χ0) is 26.7. The van der Waals surface area contributed by atoms with Gasteiger partial charge in [-0.3, -0.25) is 4.79 Å². The number of esters is 1. The maximum absolute atomic E-state index is 13.1. The molecule has 0 saturated carbocycles. The molecule has 0 aromatic heterocycles. The lowest BCUT2D eigenvalue weighted by Gasteiger charge is -2.13. The van der Waals surface area contributed by atoms with Gasteiger partial charge in [-0.2, -0.15) is 0 Å². The van der Waals surface area contributed by atoms with Gasteiger partial charge in [0, 0.05) is 6.07 Å². The van der Waals surface area contributed by atoms with Crippen molar-refractivity contribution in [1.29, 1.82) is 0 Å². The van der Waals surface area contributed by atoms with Crippen LogP contribution in [0.15, 0.2) is 48.2 Å². The number of carbonyl (C=O) groups excluding carboxylic acids is 2. The van der Waals surface area contributed by atoms with Crippen molar-refractivity contribution in [3.8, 4) is 40.2 Å². The van der Waals surface area contributed by atoms with Crippen LogP contribution in [0.3, 0.4) is 0 Å². The lowest BCUT2D eigenvalue weighted by atomic mass is 10.0. The fourth-order valence-electron chi connectivity index (χ4n) is 4.00. The monoisotopic (exact) mass is 506 g/mol. The molecule has 1 aliphatic heterocycles. The molecule has 9 nitrogen and oxygen atoms in total. The molecule has 3 aromatic carbocycles. The molecule has 4 rings (SSSR count). The zero-order valence-corrected chi connectivity index (χ0v) is 21.3. The molecule has 0 amide bonds. The molecule has 0 saturated heterocycles. The highest BCUT2D eigenvalue weighted by atomic mass is 16.5. The van der Waals surface area contributed by atoms with E-state index in [9.17, 15) is 9.59 Å². The van der Waals surface area contributed by atoms with Crippen LogP contribution < -0.4 is 33.2 Å². The predicted molar refractivity (Wildman–Crippen MR) is 135 cm³/mol. The molecule has 0 aliphatic carbocycles. The average Bonchev–Trinajstić information content (AvgIpc) is 3.22. The highest BCUT2D eigenvalue weighted by Crippen LogP contribution is 2.41. The van der Waals surface area contributed by atoms with Crippen LogP contribution >= 0.6 is 0 Å². The SMILES string of the molecule is COc1ccc(C(=O)Oc2cc(C)c3c(c2)O/C(=C\c2cc(OC)c(OC)c(OC)c2)C3=O)cc1OC. The van der Waals surface area contributed by atoms with Gasteiger partial charge in [0.05, 0.1) is 46.7 Å². The second-order valence-corrected chi connectivity index (χ2v) is 7.97. The molecule has 1 aliphatic rings. The number of Topliss-reactive ketones (excluding diaryl/α,β-unsaturated/α-hetero) is 1. The standard InChI is InChI=1S/C28H26O9/c1-15-9-18(36-28(30)17-7-8-19(31-2)20(13-17)32-3)14-21-25(15)26(29)22(37-21)10-16-11-23(33-4)27(35-6)24(12-16)34-5/h7-14H,1-6H3/b22-10-. The Morgan fingerprint density at radius 1 is 0.784 bits per heavy atom. The normalized spacial score (nSPS) is 13.0. The van der Waals surface area contributed by atoms with Gasteiger partial charge in [0.15, 0.2) is 28.8 Å². The largest absolute Gasteiger partial charge is 0.493 e. The molecule has 9 heteroatoms. The van der Waals surface area contributed by atoms with Crippen LogP contribution in [0.2, 0.25) is 0 Å². The summed E-state index contributed by atoms with van der Waals surface area (Å²) in [7, 11) is 7.52. The fraction of sp³-hybridized carbons (Fsp3) is 0.214. The molecule has 0 fully saturated rings. The lowest BCUT2D eigenvalue weighted by Crippen LogP contribution is -2.09. The third kappa shape index (κ3) is 4.88. The molecular formula is C28H26O9. The highest BCUT2D eigenvalue weighted by molar-refractivity contribution is 6.15. The predicted octanol–water partition coefficient (Wildman–Crippen LogP) is 4.87. The summed E-state index contributed by atoms with van der Waals surface area (Å²) in [6.07, 6.45) is 1.58. The average molecular weight is 507 g/mol. The molecule has 3 aromatic rings. The summed E-state index contributed by atoms with van der Waals surface area (Å²) in [6, 6.07) is 11.2. The number of hydrogen-bond acceptors (Lipinski definition) is 9. The van der Waals surface area contributed by atoms with E-state index < -0.39 is 5.97 Å². The third-order valence-electron chi connectivity index (χ3n) is 5.76. The summed E-state index contributed by atoms with van der Waals surface area (Å²) >= 11 is 0. The Kier molecular flexibility index (Phi) is 7.24. The minimum Gasteiger partial charge on any atom is -0.493 e. The lowest BCUT2D eigenvalue weighted by molar-refractivity contribution is 0.0734. The number of fused-ring (bicyclic) bond motifs is 1. The Balaban J connectivity index is 1.61. The van der Waals surface area contributed by atoms with Crippen molar-refractivity contribution in [2.45, 2.75) is 6.92 Å². The van der Waals surface area contributed by atoms with Crippen molar-refractivity contribution >= 4 is 17.8 Å². The number of rotatable bonds is 8. The van der Waals surface area contributed by atoms with Crippen LogP contribution in [0.5, 0.6) is 40.2 Å². The minimum atomic E-state index is -0.599. The van der Waals surface area contributed by atoms with Crippen molar-refractivity contribution in [2.75, 3.05) is 35.5 Å². The molecule has 1 heterocycles. The first kappa shape index (κ1) is 25.4. The molecule has 192 valence electrons. The Labute approximate surface area is 214 Å². The number of hydrogen-bond donors (Lipinski definition) is 0. The van der Waals surface area contributed by atoms with Gasteiger partial charge in [-0.1, -0.05) is 0 Å². The maximum atomic E-state index is 13.1.